The van der Waals surface area contributed by atoms with Gasteiger partial charge in [-0.1, -0.05) is 52.8 Å². The van der Waals surface area contributed by atoms with E-state index in [1.165, 1.54) is 0 Å². The van der Waals surface area contributed by atoms with Gasteiger partial charge in [-0.05, 0) is 93.1 Å². The number of aliphatic hydroxyl groups is 11. The predicted molar refractivity (Wildman–Crippen MR) is 256 cm³/mol. The van der Waals surface area contributed by atoms with E-state index in [-0.39, 0.29) is 35.9 Å². The number of benzene rings is 1. The van der Waals surface area contributed by atoms with Crippen molar-refractivity contribution >= 4 is 12.3 Å². The molecular formula is C54H80O21. The van der Waals surface area contributed by atoms with Crippen molar-refractivity contribution in [2.45, 2.75) is 209 Å². The summed E-state index contributed by atoms with van der Waals surface area (Å²) in [6, 6.07) is 8.68. The zero-order valence-electron chi connectivity index (χ0n) is 43.6. The number of hydrogen-bond donors (Lipinski definition) is 11. The van der Waals surface area contributed by atoms with Crippen molar-refractivity contribution < 1.29 is 104 Å². The zero-order valence-corrected chi connectivity index (χ0v) is 43.6. The Morgan fingerprint density at radius 2 is 1.29 bits per heavy atom. The largest absolute Gasteiger partial charge is 0.458 e. The molecule has 4 heterocycles. The maximum Gasteiger partial charge on any atom is 0.338 e. The van der Waals surface area contributed by atoms with Gasteiger partial charge >= 0.3 is 5.97 Å². The van der Waals surface area contributed by atoms with Gasteiger partial charge in [0.2, 0.25) is 0 Å². The third kappa shape index (κ3) is 8.30. The van der Waals surface area contributed by atoms with Crippen molar-refractivity contribution in [3.05, 3.63) is 35.9 Å². The predicted octanol–water partition coefficient (Wildman–Crippen LogP) is -0.550. The van der Waals surface area contributed by atoms with Crippen LogP contribution in [0.5, 0.6) is 0 Å². The third-order valence-electron chi connectivity index (χ3n) is 21.7. The van der Waals surface area contributed by atoms with E-state index in [1.54, 1.807) is 24.3 Å². The van der Waals surface area contributed by atoms with E-state index in [0.29, 0.717) is 56.9 Å². The first-order chi connectivity index (χ1) is 35.4. The van der Waals surface area contributed by atoms with Crippen molar-refractivity contribution in [2.75, 3.05) is 26.4 Å². The lowest BCUT2D eigenvalue weighted by Gasteiger charge is -2.73. The Hall–Kier alpha value is -2.36. The number of hydrogen-bond acceptors (Lipinski definition) is 21. The molecule has 422 valence electrons. The molecule has 1 aromatic rings. The smallest absolute Gasteiger partial charge is 0.338 e. The molecule has 0 unspecified atom stereocenters. The summed E-state index contributed by atoms with van der Waals surface area (Å²) >= 11 is 0. The minimum absolute atomic E-state index is 0.0497. The van der Waals surface area contributed by atoms with Crippen LogP contribution in [0.15, 0.2) is 30.3 Å². The molecule has 1 spiro atoms. The van der Waals surface area contributed by atoms with Crippen LogP contribution < -0.4 is 0 Å². The first-order valence-electron chi connectivity index (χ1n) is 26.9. The maximum atomic E-state index is 13.5. The second-order valence-electron chi connectivity index (χ2n) is 25.3. The number of aldehydes is 1. The summed E-state index contributed by atoms with van der Waals surface area (Å²) in [6.07, 6.45) is -20.5. The first-order valence-corrected chi connectivity index (χ1v) is 26.9. The number of aliphatic hydroxyl groups excluding tert-OH is 11. The average Bonchev–Trinajstić information content (AvgIpc) is 4.23. The van der Waals surface area contributed by atoms with Crippen LogP contribution >= 0.6 is 0 Å². The van der Waals surface area contributed by atoms with Gasteiger partial charge in [0.25, 0.3) is 0 Å². The van der Waals surface area contributed by atoms with E-state index in [0.717, 1.165) is 6.29 Å². The van der Waals surface area contributed by atoms with E-state index >= 15 is 0 Å². The van der Waals surface area contributed by atoms with Crippen molar-refractivity contribution in [3.8, 4) is 0 Å². The van der Waals surface area contributed by atoms with Crippen LogP contribution in [0.3, 0.4) is 0 Å². The summed E-state index contributed by atoms with van der Waals surface area (Å²) in [4.78, 5) is 26.7. The summed E-state index contributed by atoms with van der Waals surface area (Å²) in [6.45, 7) is 10.5. The molecule has 0 amide bonds. The number of esters is 1. The van der Waals surface area contributed by atoms with Crippen LogP contribution in [0.4, 0.5) is 0 Å². The Bertz CT molecular complexity index is 2240. The van der Waals surface area contributed by atoms with Crippen LogP contribution in [0, 0.1) is 50.2 Å². The minimum atomic E-state index is -1.89. The second-order valence-corrected chi connectivity index (χ2v) is 25.3. The zero-order chi connectivity index (χ0) is 54.2. The Kier molecular flexibility index (Phi) is 14.7. The molecule has 4 aliphatic heterocycles. The quantitative estimate of drug-likeness (QED) is 0.0541. The van der Waals surface area contributed by atoms with Gasteiger partial charge in [-0.3, -0.25) is 0 Å². The van der Waals surface area contributed by atoms with E-state index in [2.05, 4.69) is 27.7 Å². The summed E-state index contributed by atoms with van der Waals surface area (Å²) in [5, 5.41) is 120. The van der Waals surface area contributed by atoms with Crippen LogP contribution in [0.25, 0.3) is 0 Å². The summed E-state index contributed by atoms with van der Waals surface area (Å²) in [7, 11) is 0. The molecule has 5 saturated carbocycles. The lowest BCUT2D eigenvalue weighted by Crippen LogP contribution is -2.74. The summed E-state index contributed by atoms with van der Waals surface area (Å²) in [5.41, 5.74) is -4.34. The van der Waals surface area contributed by atoms with Crippen LogP contribution in [0.2, 0.25) is 0 Å². The summed E-state index contributed by atoms with van der Waals surface area (Å²) in [5.74, 6) is -0.842. The fourth-order valence-electron chi connectivity index (χ4n) is 16.9. The molecule has 10 rings (SSSR count). The number of carbonyl (C=O) groups excluding carboxylic acids is 2. The maximum absolute atomic E-state index is 13.5. The van der Waals surface area contributed by atoms with Crippen LogP contribution in [-0.2, 0) is 42.7 Å². The molecule has 21 heteroatoms. The van der Waals surface area contributed by atoms with Gasteiger partial charge in [0.1, 0.15) is 85.1 Å². The van der Waals surface area contributed by atoms with Gasteiger partial charge in [-0.15, -0.1) is 0 Å². The standard InChI is InChI=1S/C54H80O21/c1-48(23-57)17-31-50(3,19-35(48)72-44(67)25-10-8-7-9-11-25)32(59)18-53(6)52(5)15-12-29-49(2,30(52)16-34-54(31,53)75-34)14-13-33(51(29,4)24-58)73-47-43(74-46-42(66)40(64)37(61)27(21-56)70-46)38(62)28(22-68-47)71-45-41(65)39(63)36(60)26(20-55)69-45/h7-11,23,26-43,45-47,55-56,58-66H,12-22,24H2,1-6H3/t26-,27-,28+,29-,30-,31-,32+,33+,34-,35+,36-,37-,38+,39+,40+,41-,42-,43-,45+,46+,47+,48+,49+,50+,51+,52-,53+,54-/m1/s1. The fraction of sp³-hybridized carbons (Fsp3) is 0.852. The van der Waals surface area contributed by atoms with Gasteiger partial charge in [0.05, 0.1) is 55.7 Å². The molecule has 11 N–H and O–H groups in total. The fourth-order valence-corrected chi connectivity index (χ4v) is 16.9. The highest BCUT2D eigenvalue weighted by Crippen LogP contribution is 2.83. The minimum Gasteiger partial charge on any atom is -0.458 e. The van der Waals surface area contributed by atoms with E-state index in [1.807, 2.05) is 19.9 Å². The number of rotatable bonds is 12. The Balaban J connectivity index is 0.900. The Morgan fingerprint density at radius 1 is 0.667 bits per heavy atom. The Morgan fingerprint density at radius 3 is 1.89 bits per heavy atom. The number of ether oxygens (including phenoxy) is 8. The first kappa shape index (κ1) is 55.9. The molecule has 4 saturated heterocycles. The number of carbonyl (C=O) groups is 2. The molecule has 0 radical (unpaired) electrons. The normalized spacial score (nSPS) is 55.2. The Labute approximate surface area is 436 Å². The van der Waals surface area contributed by atoms with Gasteiger partial charge in [0, 0.05) is 22.2 Å². The number of epoxide rings is 1. The van der Waals surface area contributed by atoms with Gasteiger partial charge < -0.3 is 98.9 Å². The van der Waals surface area contributed by atoms with Crippen LogP contribution in [-0.4, -0.2) is 211 Å². The van der Waals surface area contributed by atoms with Crippen molar-refractivity contribution in [1.29, 1.82) is 0 Å². The molecule has 1 aromatic carbocycles. The SMILES string of the molecule is C[C@]1(CO)[C@@H]2CC[C@]3(C)[C@H](C[C@H]4O[C@]45[C@@H]4C[C@@](C)(C=O)[C@@H](OC(=O)c6ccccc6)C[C@]4(C)[C@@H](O)C[C@]53C)[C@@]2(C)CC[C@@H]1O[C@@H]1OC[C@H](O[C@@H]2O[C@H](CO)[C@@H](O)[C@H](O)[C@H]2O)[C@H](O)[C@H]1O[C@@H]1O[C@H](CO)[C@@H](O)[C@H](O)[C@H]1O. The highest BCUT2D eigenvalue weighted by molar-refractivity contribution is 5.89. The van der Waals surface area contributed by atoms with Crippen molar-refractivity contribution in [2.24, 2.45) is 50.2 Å². The highest BCUT2D eigenvalue weighted by Gasteiger charge is 2.86. The molecule has 0 bridgehead atoms. The summed E-state index contributed by atoms with van der Waals surface area (Å²) < 4.78 is 49.8. The molecular weight excluding hydrogens is 985 g/mol. The van der Waals surface area contributed by atoms with E-state index in [9.17, 15) is 65.8 Å². The lowest BCUT2D eigenvalue weighted by atomic mass is 9.31. The lowest BCUT2D eigenvalue weighted by molar-refractivity contribution is -0.383. The molecule has 9 aliphatic rings. The molecule has 75 heavy (non-hydrogen) atoms. The monoisotopic (exact) mass is 1060 g/mol. The molecule has 28 atom stereocenters. The van der Waals surface area contributed by atoms with Crippen molar-refractivity contribution in [3.63, 3.8) is 0 Å². The molecule has 9 fully saturated rings. The van der Waals surface area contributed by atoms with Crippen LogP contribution in [0.1, 0.15) is 103 Å². The molecule has 21 nitrogen and oxygen atoms in total. The van der Waals surface area contributed by atoms with E-state index < -0.39 is 163 Å². The second kappa shape index (κ2) is 19.7. The van der Waals surface area contributed by atoms with Gasteiger partial charge in [-0.2, -0.15) is 0 Å². The number of fused-ring (bicyclic) bond motifs is 5. The van der Waals surface area contributed by atoms with E-state index in [4.69, 9.17) is 37.9 Å². The highest BCUT2D eigenvalue weighted by atomic mass is 16.8. The van der Waals surface area contributed by atoms with Crippen molar-refractivity contribution in [1.82, 2.24) is 0 Å². The third-order valence-corrected chi connectivity index (χ3v) is 21.7. The molecule has 0 aromatic heterocycles. The van der Waals surface area contributed by atoms with Gasteiger partial charge in [-0.25, -0.2) is 4.79 Å². The molecule has 5 aliphatic carbocycles. The topological polar surface area (TPSA) is 334 Å². The average molecular weight is 1070 g/mol. The van der Waals surface area contributed by atoms with Gasteiger partial charge in [0.15, 0.2) is 18.9 Å².